The van der Waals surface area contributed by atoms with Crippen molar-refractivity contribution in [1.82, 2.24) is 5.48 Å². The summed E-state index contributed by atoms with van der Waals surface area (Å²) in [6, 6.07) is 4.23. The average molecular weight is 237 g/mol. The largest absolute Gasteiger partial charge is 0.493 e. The van der Waals surface area contributed by atoms with Gasteiger partial charge in [0.15, 0.2) is 11.5 Å². The number of aryl methyl sites for hydroxylation is 1. The molecule has 0 aliphatic carbocycles. The predicted octanol–water partition coefficient (Wildman–Crippen LogP) is 2.23. The number of methoxy groups -OCH3 is 1. The minimum atomic E-state index is 0.0333. The standard InChI is InChI=1S/C13H19NO3/c1-5-9-6-10-12(14-16-4)8(2)17-13(10)11(7-9)15-3/h6-8,12,14H,5H2,1-4H3. The fourth-order valence-electron chi connectivity index (χ4n) is 2.19. The number of benzene rings is 1. The van der Waals surface area contributed by atoms with Gasteiger partial charge in [-0.05, 0) is 25.0 Å². The molecule has 1 N–H and O–H groups in total. The molecule has 0 spiro atoms. The van der Waals surface area contributed by atoms with Gasteiger partial charge >= 0.3 is 0 Å². The Balaban J connectivity index is 2.45. The molecule has 0 bridgehead atoms. The van der Waals surface area contributed by atoms with Crippen LogP contribution in [0.4, 0.5) is 0 Å². The first-order valence-electron chi connectivity index (χ1n) is 5.87. The number of hydroxylamine groups is 1. The van der Waals surface area contributed by atoms with Gasteiger partial charge in [0.05, 0.1) is 20.3 Å². The van der Waals surface area contributed by atoms with E-state index in [2.05, 4.69) is 18.5 Å². The normalized spacial score (nSPS) is 22.1. The maximum Gasteiger partial charge on any atom is 0.166 e. The Labute approximate surface area is 102 Å². The van der Waals surface area contributed by atoms with Crippen LogP contribution in [0.5, 0.6) is 11.5 Å². The number of hydrogen-bond acceptors (Lipinski definition) is 4. The van der Waals surface area contributed by atoms with Crippen LogP contribution in [-0.4, -0.2) is 20.3 Å². The molecule has 2 rings (SSSR count). The summed E-state index contributed by atoms with van der Waals surface area (Å²) in [7, 11) is 3.28. The lowest BCUT2D eigenvalue weighted by Crippen LogP contribution is -2.27. The molecule has 0 amide bonds. The number of hydrogen-bond donors (Lipinski definition) is 1. The van der Waals surface area contributed by atoms with Crippen molar-refractivity contribution in [3.63, 3.8) is 0 Å². The van der Waals surface area contributed by atoms with Gasteiger partial charge in [-0.1, -0.05) is 13.0 Å². The molecule has 1 aromatic rings. The zero-order valence-corrected chi connectivity index (χ0v) is 10.7. The molecule has 0 saturated heterocycles. The van der Waals surface area contributed by atoms with E-state index >= 15 is 0 Å². The SMILES string of the molecule is CCc1cc(OC)c2c(c1)C(NOC)C(C)O2. The van der Waals surface area contributed by atoms with Gasteiger partial charge in [-0.3, -0.25) is 0 Å². The molecule has 1 aliphatic heterocycles. The summed E-state index contributed by atoms with van der Waals surface area (Å²) in [5, 5.41) is 0. The fraction of sp³-hybridized carbons (Fsp3) is 0.538. The number of ether oxygens (including phenoxy) is 2. The van der Waals surface area contributed by atoms with E-state index in [-0.39, 0.29) is 12.1 Å². The van der Waals surface area contributed by atoms with E-state index in [4.69, 9.17) is 14.3 Å². The first-order valence-corrected chi connectivity index (χ1v) is 5.87. The molecule has 0 saturated carbocycles. The van der Waals surface area contributed by atoms with Crippen molar-refractivity contribution in [2.24, 2.45) is 0 Å². The van der Waals surface area contributed by atoms with Gasteiger partial charge in [-0.25, -0.2) is 0 Å². The van der Waals surface area contributed by atoms with Crippen molar-refractivity contribution in [1.29, 1.82) is 0 Å². The quantitative estimate of drug-likeness (QED) is 0.815. The van der Waals surface area contributed by atoms with Gasteiger partial charge in [0.25, 0.3) is 0 Å². The highest BCUT2D eigenvalue weighted by Crippen LogP contribution is 2.44. The molecule has 1 heterocycles. The second kappa shape index (κ2) is 4.94. The summed E-state index contributed by atoms with van der Waals surface area (Å²) >= 11 is 0. The molecule has 2 atom stereocenters. The van der Waals surface area contributed by atoms with Gasteiger partial charge in [0.1, 0.15) is 6.10 Å². The lowest BCUT2D eigenvalue weighted by molar-refractivity contribution is 0.0337. The van der Waals surface area contributed by atoms with Gasteiger partial charge in [0, 0.05) is 5.56 Å². The Hall–Kier alpha value is -1.26. The third-order valence-corrected chi connectivity index (χ3v) is 3.12. The van der Waals surface area contributed by atoms with E-state index in [1.165, 1.54) is 5.56 Å². The van der Waals surface area contributed by atoms with Crippen LogP contribution in [-0.2, 0) is 11.3 Å². The third kappa shape index (κ3) is 2.10. The van der Waals surface area contributed by atoms with Crippen LogP contribution < -0.4 is 15.0 Å². The lowest BCUT2D eigenvalue weighted by atomic mass is 10.0. The van der Waals surface area contributed by atoms with Gasteiger partial charge in [0.2, 0.25) is 0 Å². The highest BCUT2D eigenvalue weighted by Gasteiger charge is 2.34. The molecule has 0 radical (unpaired) electrons. The lowest BCUT2D eigenvalue weighted by Gasteiger charge is -2.14. The third-order valence-electron chi connectivity index (χ3n) is 3.12. The zero-order chi connectivity index (χ0) is 12.4. The molecule has 17 heavy (non-hydrogen) atoms. The van der Waals surface area contributed by atoms with Crippen LogP contribution in [0.15, 0.2) is 12.1 Å². The van der Waals surface area contributed by atoms with Gasteiger partial charge in [-0.15, -0.1) is 0 Å². The number of nitrogens with one attached hydrogen (secondary N) is 1. The smallest absolute Gasteiger partial charge is 0.166 e. The van der Waals surface area contributed by atoms with Gasteiger partial charge < -0.3 is 14.3 Å². The summed E-state index contributed by atoms with van der Waals surface area (Å²) in [6.07, 6.45) is 1.00. The zero-order valence-electron chi connectivity index (χ0n) is 10.7. The van der Waals surface area contributed by atoms with Crippen molar-refractivity contribution >= 4 is 0 Å². The second-order valence-electron chi connectivity index (χ2n) is 4.19. The Morgan fingerprint density at radius 3 is 2.71 bits per heavy atom. The van der Waals surface area contributed by atoms with E-state index in [0.717, 1.165) is 23.5 Å². The van der Waals surface area contributed by atoms with Crippen molar-refractivity contribution in [2.45, 2.75) is 32.4 Å². The van der Waals surface area contributed by atoms with E-state index in [1.54, 1.807) is 14.2 Å². The van der Waals surface area contributed by atoms with Crippen LogP contribution in [0.1, 0.15) is 31.0 Å². The average Bonchev–Trinajstić information content (AvgIpc) is 2.65. The first-order chi connectivity index (χ1) is 8.21. The van der Waals surface area contributed by atoms with Crippen LogP contribution >= 0.6 is 0 Å². The van der Waals surface area contributed by atoms with Crippen molar-refractivity contribution in [2.75, 3.05) is 14.2 Å². The summed E-state index contributed by atoms with van der Waals surface area (Å²) in [5.41, 5.74) is 5.32. The van der Waals surface area contributed by atoms with Crippen LogP contribution in [0, 0.1) is 0 Å². The molecule has 0 fully saturated rings. The molecule has 94 valence electrons. The molecule has 0 aromatic heterocycles. The summed E-state index contributed by atoms with van der Waals surface area (Å²) in [4.78, 5) is 5.03. The van der Waals surface area contributed by atoms with E-state index in [1.807, 2.05) is 13.0 Å². The topological polar surface area (TPSA) is 39.7 Å². The second-order valence-corrected chi connectivity index (χ2v) is 4.19. The van der Waals surface area contributed by atoms with Crippen molar-refractivity contribution in [3.05, 3.63) is 23.3 Å². The monoisotopic (exact) mass is 237 g/mol. The minimum Gasteiger partial charge on any atom is -0.493 e. The van der Waals surface area contributed by atoms with E-state index in [9.17, 15) is 0 Å². The first kappa shape index (κ1) is 12.2. The molecule has 1 aliphatic rings. The maximum absolute atomic E-state index is 5.83. The molecule has 4 nitrogen and oxygen atoms in total. The van der Waals surface area contributed by atoms with Crippen molar-refractivity contribution < 1.29 is 14.3 Å². The molecular weight excluding hydrogens is 218 g/mol. The maximum atomic E-state index is 5.83. The summed E-state index contributed by atoms with van der Waals surface area (Å²) in [6.45, 7) is 4.14. The number of rotatable bonds is 4. The molecular formula is C13H19NO3. The van der Waals surface area contributed by atoms with Gasteiger partial charge in [-0.2, -0.15) is 5.48 Å². The summed E-state index contributed by atoms with van der Waals surface area (Å²) < 4.78 is 11.2. The Kier molecular flexibility index (Phi) is 3.54. The van der Waals surface area contributed by atoms with E-state index < -0.39 is 0 Å². The molecule has 4 heteroatoms. The van der Waals surface area contributed by atoms with Crippen LogP contribution in [0.3, 0.4) is 0 Å². The highest BCUT2D eigenvalue weighted by molar-refractivity contribution is 5.53. The van der Waals surface area contributed by atoms with Crippen LogP contribution in [0.2, 0.25) is 0 Å². The fourth-order valence-corrected chi connectivity index (χ4v) is 2.19. The Morgan fingerprint density at radius 2 is 2.12 bits per heavy atom. The summed E-state index contributed by atoms with van der Waals surface area (Å²) in [5.74, 6) is 1.62. The molecule has 2 unspecified atom stereocenters. The Bertz CT molecular complexity index is 406. The minimum absolute atomic E-state index is 0.0333. The molecule has 1 aromatic carbocycles. The highest BCUT2D eigenvalue weighted by atomic mass is 16.6. The van der Waals surface area contributed by atoms with E-state index in [0.29, 0.717) is 0 Å². The van der Waals surface area contributed by atoms with Crippen molar-refractivity contribution in [3.8, 4) is 11.5 Å². The Morgan fingerprint density at radius 1 is 1.35 bits per heavy atom. The predicted molar refractivity (Wildman–Crippen MR) is 65.3 cm³/mol. The number of fused-ring (bicyclic) bond motifs is 1. The van der Waals surface area contributed by atoms with Crippen LogP contribution in [0.25, 0.3) is 0 Å².